The largest absolute Gasteiger partial charge is 0.490 e. The average Bonchev–Trinajstić information content (AvgIpc) is 3.02. The minimum Gasteiger partial charge on any atom is -0.490 e. The highest BCUT2D eigenvalue weighted by Crippen LogP contribution is 2.28. The van der Waals surface area contributed by atoms with Crippen LogP contribution in [0.15, 0.2) is 27.8 Å². The Kier molecular flexibility index (Phi) is 6.46. The summed E-state index contributed by atoms with van der Waals surface area (Å²) in [4.78, 5) is 10.8. The maximum absolute atomic E-state index is 10.8. The summed E-state index contributed by atoms with van der Waals surface area (Å²) in [5.41, 5.74) is 0.558. The molecule has 6 nitrogen and oxygen atoms in total. The van der Waals surface area contributed by atoms with Crippen molar-refractivity contribution in [1.29, 1.82) is 0 Å². The summed E-state index contributed by atoms with van der Waals surface area (Å²) < 4.78 is 16.7. The molecule has 0 radical (unpaired) electrons. The van der Waals surface area contributed by atoms with Crippen molar-refractivity contribution in [2.45, 2.75) is 31.9 Å². The number of thioether (sulfide) groups is 1. The molecule has 2 rings (SSSR count). The number of hydrogen-bond acceptors (Lipinski definition) is 7. The number of carbonyl (C=O) groups excluding carboxylic acids is 1. The predicted molar refractivity (Wildman–Crippen MR) is 87.6 cm³/mol. The molecule has 1 aromatic heterocycles. The van der Waals surface area contributed by atoms with E-state index in [2.05, 4.69) is 10.2 Å². The first-order valence-electron chi connectivity index (χ1n) is 7.45. The Bertz CT molecular complexity index is 643. The fourth-order valence-corrected chi connectivity index (χ4v) is 2.36. The summed E-state index contributed by atoms with van der Waals surface area (Å²) in [6, 6.07) is 5.11. The van der Waals surface area contributed by atoms with Crippen LogP contribution in [0.25, 0.3) is 0 Å². The summed E-state index contributed by atoms with van der Waals surface area (Å²) in [5.74, 6) is 2.71. The number of nitrogens with zero attached hydrogens (tertiary/aromatic N) is 2. The van der Waals surface area contributed by atoms with Gasteiger partial charge in [0.2, 0.25) is 5.89 Å². The maximum atomic E-state index is 10.8. The van der Waals surface area contributed by atoms with E-state index in [1.54, 1.807) is 18.2 Å². The molecule has 0 saturated carbocycles. The molecule has 1 heterocycles. The summed E-state index contributed by atoms with van der Waals surface area (Å²) in [6.45, 7) is 6.86. The number of rotatable bonds is 9. The van der Waals surface area contributed by atoms with Gasteiger partial charge < -0.3 is 13.9 Å². The van der Waals surface area contributed by atoms with E-state index in [1.807, 2.05) is 20.8 Å². The molecule has 124 valence electrons. The number of hydrogen-bond donors (Lipinski definition) is 0. The lowest BCUT2D eigenvalue weighted by Crippen LogP contribution is -2.03. The first-order chi connectivity index (χ1) is 11.1. The van der Waals surface area contributed by atoms with Crippen LogP contribution in [0, 0.1) is 0 Å². The molecule has 0 unspecified atom stereocenters. The lowest BCUT2D eigenvalue weighted by molar-refractivity contribution is 0.112. The van der Waals surface area contributed by atoms with Crippen molar-refractivity contribution in [3.8, 4) is 11.5 Å². The van der Waals surface area contributed by atoms with E-state index < -0.39 is 0 Å². The van der Waals surface area contributed by atoms with Gasteiger partial charge in [0, 0.05) is 17.2 Å². The topological polar surface area (TPSA) is 74.5 Å². The standard InChI is InChI=1S/C16H20N2O4S/c1-4-20-14-9-12(10-19)5-6-13(14)21-7-8-23-16-18-17-15(22-16)11(2)3/h5-6,9-11H,4,7-8H2,1-3H3. The van der Waals surface area contributed by atoms with E-state index in [0.717, 1.165) is 6.29 Å². The summed E-state index contributed by atoms with van der Waals surface area (Å²) in [6.07, 6.45) is 0.782. The minimum absolute atomic E-state index is 0.221. The third-order valence-corrected chi connectivity index (χ3v) is 3.67. The van der Waals surface area contributed by atoms with Crippen LogP contribution in [-0.4, -0.2) is 35.5 Å². The average molecular weight is 336 g/mol. The first-order valence-corrected chi connectivity index (χ1v) is 8.43. The van der Waals surface area contributed by atoms with Gasteiger partial charge >= 0.3 is 0 Å². The summed E-state index contributed by atoms with van der Waals surface area (Å²) >= 11 is 1.44. The third kappa shape index (κ3) is 4.99. The van der Waals surface area contributed by atoms with Crippen molar-refractivity contribution in [3.63, 3.8) is 0 Å². The van der Waals surface area contributed by atoms with Crippen LogP contribution in [0.1, 0.15) is 42.9 Å². The lowest BCUT2D eigenvalue weighted by atomic mass is 10.2. The quantitative estimate of drug-likeness (QED) is 0.393. The highest BCUT2D eigenvalue weighted by atomic mass is 32.2. The minimum atomic E-state index is 0.221. The molecule has 0 saturated heterocycles. The van der Waals surface area contributed by atoms with E-state index >= 15 is 0 Å². The second kappa shape index (κ2) is 8.57. The molecule has 0 aliphatic heterocycles. The Balaban J connectivity index is 1.86. The second-order valence-corrected chi connectivity index (χ2v) is 6.06. The van der Waals surface area contributed by atoms with E-state index in [9.17, 15) is 4.79 Å². The van der Waals surface area contributed by atoms with Gasteiger partial charge in [-0.15, -0.1) is 10.2 Å². The van der Waals surface area contributed by atoms with E-state index in [-0.39, 0.29) is 5.92 Å². The van der Waals surface area contributed by atoms with Crippen molar-refractivity contribution in [2.75, 3.05) is 19.0 Å². The molecule has 7 heteroatoms. The molecule has 23 heavy (non-hydrogen) atoms. The van der Waals surface area contributed by atoms with Gasteiger partial charge in [0.15, 0.2) is 11.5 Å². The van der Waals surface area contributed by atoms with Crippen molar-refractivity contribution >= 4 is 18.0 Å². The molecule has 0 bridgehead atoms. The van der Waals surface area contributed by atoms with Crippen LogP contribution in [0.5, 0.6) is 11.5 Å². The number of aromatic nitrogens is 2. The Morgan fingerprint density at radius 3 is 2.74 bits per heavy atom. The molecule has 0 spiro atoms. The van der Waals surface area contributed by atoms with Gasteiger partial charge in [-0.2, -0.15) is 0 Å². The van der Waals surface area contributed by atoms with Gasteiger partial charge in [-0.05, 0) is 25.1 Å². The van der Waals surface area contributed by atoms with Crippen molar-refractivity contribution < 1.29 is 18.7 Å². The number of ether oxygens (including phenoxy) is 2. The molecule has 0 aliphatic rings. The maximum Gasteiger partial charge on any atom is 0.276 e. The number of carbonyl (C=O) groups is 1. The Morgan fingerprint density at radius 2 is 2.09 bits per heavy atom. The zero-order valence-corrected chi connectivity index (χ0v) is 14.3. The van der Waals surface area contributed by atoms with Crippen LogP contribution in [0.3, 0.4) is 0 Å². The van der Waals surface area contributed by atoms with Crippen LogP contribution < -0.4 is 9.47 Å². The van der Waals surface area contributed by atoms with Crippen LogP contribution in [0.2, 0.25) is 0 Å². The monoisotopic (exact) mass is 336 g/mol. The second-order valence-electron chi connectivity index (χ2n) is 5.01. The number of benzene rings is 1. The van der Waals surface area contributed by atoms with Crippen molar-refractivity contribution in [3.05, 3.63) is 29.7 Å². The van der Waals surface area contributed by atoms with E-state index in [0.29, 0.717) is 47.1 Å². The molecular weight excluding hydrogens is 316 g/mol. The van der Waals surface area contributed by atoms with Gasteiger partial charge in [0.05, 0.1) is 13.2 Å². The van der Waals surface area contributed by atoms with Gasteiger partial charge in [-0.3, -0.25) is 4.79 Å². The van der Waals surface area contributed by atoms with Crippen molar-refractivity contribution in [1.82, 2.24) is 10.2 Å². The van der Waals surface area contributed by atoms with Gasteiger partial charge in [-0.25, -0.2) is 0 Å². The Labute approximate surface area is 139 Å². The van der Waals surface area contributed by atoms with Crippen LogP contribution in [0.4, 0.5) is 0 Å². The molecular formula is C16H20N2O4S. The molecule has 0 fully saturated rings. The predicted octanol–water partition coefficient (Wildman–Crippen LogP) is 3.58. The first kappa shape index (κ1) is 17.3. The molecule has 0 aliphatic carbocycles. The SMILES string of the molecule is CCOc1cc(C=O)ccc1OCCSc1nnc(C(C)C)o1. The van der Waals surface area contributed by atoms with Crippen LogP contribution >= 0.6 is 11.8 Å². The zero-order valence-electron chi connectivity index (χ0n) is 13.4. The van der Waals surface area contributed by atoms with Crippen molar-refractivity contribution in [2.24, 2.45) is 0 Å². The Morgan fingerprint density at radius 1 is 1.26 bits per heavy atom. The van der Waals surface area contributed by atoms with Crippen LogP contribution in [-0.2, 0) is 0 Å². The zero-order chi connectivity index (χ0) is 16.7. The summed E-state index contributed by atoms with van der Waals surface area (Å²) in [5, 5.41) is 8.50. The Hall–Kier alpha value is -2.02. The highest BCUT2D eigenvalue weighted by molar-refractivity contribution is 7.99. The fraction of sp³-hybridized carbons (Fsp3) is 0.438. The van der Waals surface area contributed by atoms with Gasteiger partial charge in [0.25, 0.3) is 5.22 Å². The molecule has 0 amide bonds. The van der Waals surface area contributed by atoms with Gasteiger partial charge in [-0.1, -0.05) is 25.6 Å². The lowest BCUT2D eigenvalue weighted by Gasteiger charge is -2.11. The smallest absolute Gasteiger partial charge is 0.276 e. The van der Waals surface area contributed by atoms with E-state index in [4.69, 9.17) is 13.9 Å². The molecule has 0 atom stereocenters. The van der Waals surface area contributed by atoms with Gasteiger partial charge in [0.1, 0.15) is 6.29 Å². The normalized spacial score (nSPS) is 10.8. The molecule has 1 aromatic carbocycles. The van der Waals surface area contributed by atoms with E-state index in [1.165, 1.54) is 11.8 Å². The third-order valence-electron chi connectivity index (χ3n) is 2.89. The molecule has 0 N–H and O–H groups in total. The summed E-state index contributed by atoms with van der Waals surface area (Å²) in [7, 11) is 0. The molecule has 2 aromatic rings. The fourth-order valence-electron chi connectivity index (χ4n) is 1.78. The number of aldehydes is 1. The highest BCUT2D eigenvalue weighted by Gasteiger charge is 2.10.